The highest BCUT2D eigenvalue weighted by Gasteiger charge is 2.50. The minimum atomic E-state index is -0.686. The van der Waals surface area contributed by atoms with E-state index in [9.17, 15) is 9.59 Å². The maximum absolute atomic E-state index is 12.3. The third-order valence-corrected chi connectivity index (χ3v) is 4.43. The number of hydrogen-bond donors (Lipinski definition) is 0. The van der Waals surface area contributed by atoms with Gasteiger partial charge in [-0.2, -0.15) is 0 Å². The molecule has 0 radical (unpaired) electrons. The van der Waals surface area contributed by atoms with E-state index in [-0.39, 0.29) is 11.9 Å². The molecular weight excluding hydrogens is 268 g/mol. The Labute approximate surface area is 125 Å². The minimum Gasteiger partial charge on any atom is -0.468 e. The number of rotatable bonds is 4. The first-order valence-electron chi connectivity index (χ1n) is 7.39. The summed E-state index contributed by atoms with van der Waals surface area (Å²) in [7, 11) is 1.39. The van der Waals surface area contributed by atoms with Crippen LogP contribution in [0.2, 0.25) is 0 Å². The van der Waals surface area contributed by atoms with E-state index < -0.39 is 11.5 Å². The monoisotopic (exact) mass is 290 g/mol. The van der Waals surface area contributed by atoms with Gasteiger partial charge in [0.15, 0.2) is 0 Å². The lowest BCUT2D eigenvalue weighted by atomic mass is 9.81. The Kier molecular flexibility index (Phi) is 4.66. The molecule has 0 spiro atoms. The fraction of sp³-hybridized carbons (Fsp3) is 0.529. The topological polar surface area (TPSA) is 52.6 Å². The van der Waals surface area contributed by atoms with Crippen LogP contribution in [-0.2, 0) is 14.3 Å². The summed E-state index contributed by atoms with van der Waals surface area (Å²) in [6.07, 6.45) is 2.51. The molecule has 0 aromatic heterocycles. The van der Waals surface area contributed by atoms with Crippen molar-refractivity contribution in [3.8, 4) is 0 Å². The molecule has 2 unspecified atom stereocenters. The number of hydrogen-bond acceptors (Lipinski definition) is 4. The Morgan fingerprint density at radius 3 is 2.76 bits per heavy atom. The molecule has 0 saturated heterocycles. The largest absolute Gasteiger partial charge is 0.468 e. The number of esters is 2. The molecule has 114 valence electrons. The highest BCUT2D eigenvalue weighted by molar-refractivity contribution is 5.90. The van der Waals surface area contributed by atoms with E-state index in [4.69, 9.17) is 9.47 Å². The van der Waals surface area contributed by atoms with Gasteiger partial charge in [-0.15, -0.1) is 0 Å². The quantitative estimate of drug-likeness (QED) is 0.799. The van der Waals surface area contributed by atoms with Crippen molar-refractivity contribution >= 4 is 11.9 Å². The van der Waals surface area contributed by atoms with Crippen molar-refractivity contribution in [2.75, 3.05) is 7.11 Å². The van der Waals surface area contributed by atoms with Crippen LogP contribution in [0.3, 0.4) is 0 Å². The maximum Gasteiger partial charge on any atom is 0.338 e. The van der Waals surface area contributed by atoms with Crippen LogP contribution < -0.4 is 0 Å². The summed E-state index contributed by atoms with van der Waals surface area (Å²) in [6.45, 7) is 3.87. The molecule has 1 aliphatic carbocycles. The zero-order chi connectivity index (χ0) is 15.5. The second-order valence-corrected chi connectivity index (χ2v) is 5.66. The van der Waals surface area contributed by atoms with Crippen molar-refractivity contribution in [3.63, 3.8) is 0 Å². The molecular formula is C17H22O4. The van der Waals surface area contributed by atoms with Crippen molar-refractivity contribution in [3.05, 3.63) is 35.4 Å². The van der Waals surface area contributed by atoms with Gasteiger partial charge >= 0.3 is 11.9 Å². The van der Waals surface area contributed by atoms with Crippen molar-refractivity contribution in [1.29, 1.82) is 0 Å². The number of carbonyl (C=O) groups is 2. The van der Waals surface area contributed by atoms with Crippen LogP contribution in [0, 0.1) is 12.3 Å². The number of aryl methyl sites for hydroxylation is 1. The average molecular weight is 290 g/mol. The van der Waals surface area contributed by atoms with Crippen LogP contribution in [-0.4, -0.2) is 25.2 Å². The predicted octanol–water partition coefficient (Wildman–Crippen LogP) is 3.27. The van der Waals surface area contributed by atoms with Crippen LogP contribution in [0.1, 0.15) is 48.5 Å². The fourth-order valence-corrected chi connectivity index (χ4v) is 3.17. The van der Waals surface area contributed by atoms with Crippen LogP contribution in [0.5, 0.6) is 0 Å². The summed E-state index contributed by atoms with van der Waals surface area (Å²) in [5, 5.41) is 0. The number of methoxy groups -OCH3 is 1. The number of ether oxygens (including phenoxy) is 2. The molecule has 1 aromatic carbocycles. The van der Waals surface area contributed by atoms with Gasteiger partial charge in [-0.05, 0) is 44.7 Å². The van der Waals surface area contributed by atoms with Crippen molar-refractivity contribution < 1.29 is 19.1 Å². The van der Waals surface area contributed by atoms with E-state index in [2.05, 4.69) is 0 Å². The lowest BCUT2D eigenvalue weighted by molar-refractivity contribution is -0.158. The molecule has 4 nitrogen and oxygen atoms in total. The first-order chi connectivity index (χ1) is 10.0. The first-order valence-corrected chi connectivity index (χ1v) is 7.39. The Balaban J connectivity index is 2.17. The molecule has 1 fully saturated rings. The Bertz CT molecular complexity index is 537. The molecule has 21 heavy (non-hydrogen) atoms. The summed E-state index contributed by atoms with van der Waals surface area (Å²) in [4.78, 5) is 24.4. The average Bonchev–Trinajstić information content (AvgIpc) is 2.90. The molecule has 0 N–H and O–H groups in total. The molecule has 0 heterocycles. The van der Waals surface area contributed by atoms with Gasteiger partial charge in [0.1, 0.15) is 11.5 Å². The van der Waals surface area contributed by atoms with Gasteiger partial charge in [-0.25, -0.2) is 4.79 Å². The van der Waals surface area contributed by atoms with E-state index in [1.165, 1.54) is 7.11 Å². The molecule has 4 heteroatoms. The normalized spacial score (nSPS) is 24.6. The Morgan fingerprint density at radius 1 is 1.38 bits per heavy atom. The zero-order valence-corrected chi connectivity index (χ0v) is 12.8. The minimum absolute atomic E-state index is 0.274. The van der Waals surface area contributed by atoms with E-state index in [0.29, 0.717) is 24.8 Å². The van der Waals surface area contributed by atoms with E-state index >= 15 is 0 Å². The molecule has 1 saturated carbocycles. The smallest absolute Gasteiger partial charge is 0.338 e. The zero-order valence-electron chi connectivity index (χ0n) is 12.8. The standard InChI is InChI=1S/C17H22O4/c1-4-17(16(19)20-3)10-6-9-14(17)21-15(18)13-8-5-7-12(2)11-13/h5,7-8,11,14H,4,6,9-10H2,1-3H3. The van der Waals surface area contributed by atoms with Gasteiger partial charge in [-0.1, -0.05) is 24.6 Å². The SMILES string of the molecule is CCC1(C(=O)OC)CCCC1OC(=O)c1cccc(C)c1. The van der Waals surface area contributed by atoms with E-state index in [1.54, 1.807) is 12.1 Å². The molecule has 0 bridgehead atoms. The van der Waals surface area contributed by atoms with Crippen molar-refractivity contribution in [2.24, 2.45) is 5.41 Å². The Morgan fingerprint density at radius 2 is 2.14 bits per heavy atom. The summed E-state index contributed by atoms with van der Waals surface area (Å²) in [6, 6.07) is 7.28. The predicted molar refractivity (Wildman–Crippen MR) is 79.0 cm³/mol. The molecule has 1 aromatic rings. The fourth-order valence-electron chi connectivity index (χ4n) is 3.17. The van der Waals surface area contributed by atoms with Gasteiger partial charge in [0.25, 0.3) is 0 Å². The van der Waals surface area contributed by atoms with Crippen molar-refractivity contribution in [1.82, 2.24) is 0 Å². The van der Waals surface area contributed by atoms with E-state index in [0.717, 1.165) is 12.0 Å². The van der Waals surface area contributed by atoms with Crippen LogP contribution >= 0.6 is 0 Å². The lowest BCUT2D eigenvalue weighted by Gasteiger charge is -2.31. The van der Waals surface area contributed by atoms with Gasteiger partial charge in [0.05, 0.1) is 12.7 Å². The van der Waals surface area contributed by atoms with E-state index in [1.807, 2.05) is 26.0 Å². The molecule has 2 rings (SSSR count). The van der Waals surface area contributed by atoms with Crippen molar-refractivity contribution in [2.45, 2.75) is 45.6 Å². The molecule has 1 aliphatic rings. The molecule has 2 atom stereocenters. The van der Waals surface area contributed by atoms with Gasteiger partial charge in [-0.3, -0.25) is 4.79 Å². The summed E-state index contributed by atoms with van der Waals surface area (Å²) < 4.78 is 10.6. The summed E-state index contributed by atoms with van der Waals surface area (Å²) >= 11 is 0. The molecule has 0 aliphatic heterocycles. The molecule has 0 amide bonds. The van der Waals surface area contributed by atoms with Gasteiger partial charge in [0.2, 0.25) is 0 Å². The van der Waals surface area contributed by atoms with Crippen LogP contribution in [0.15, 0.2) is 24.3 Å². The second-order valence-electron chi connectivity index (χ2n) is 5.66. The second kappa shape index (κ2) is 6.29. The van der Waals surface area contributed by atoms with Crippen LogP contribution in [0.4, 0.5) is 0 Å². The third kappa shape index (κ3) is 2.94. The van der Waals surface area contributed by atoms with Gasteiger partial charge < -0.3 is 9.47 Å². The number of carbonyl (C=O) groups excluding carboxylic acids is 2. The van der Waals surface area contributed by atoms with Gasteiger partial charge in [0, 0.05) is 0 Å². The highest BCUT2D eigenvalue weighted by atomic mass is 16.6. The van der Waals surface area contributed by atoms with Crippen LogP contribution in [0.25, 0.3) is 0 Å². The summed E-state index contributed by atoms with van der Waals surface area (Å²) in [5.74, 6) is -0.642. The first kappa shape index (κ1) is 15.5. The summed E-state index contributed by atoms with van der Waals surface area (Å²) in [5.41, 5.74) is 0.844. The Hall–Kier alpha value is -1.84. The third-order valence-electron chi connectivity index (χ3n) is 4.43. The number of benzene rings is 1. The maximum atomic E-state index is 12.3. The highest BCUT2D eigenvalue weighted by Crippen LogP contribution is 2.44. The lowest BCUT2D eigenvalue weighted by Crippen LogP contribution is -2.41.